The molecule has 0 saturated heterocycles. The molecule has 0 fully saturated rings. The SMILES string of the molecule is [C-]#[N+]c1nn(-c2cc(C)c(Oc3n[nH]c(=O)c4c3CC[C@H]4C)c(Cl)c2)c(=O)[nH]c1=O. The lowest BCUT2D eigenvalue weighted by Crippen LogP contribution is -2.30. The third-order valence-corrected chi connectivity index (χ3v) is 5.26. The van der Waals surface area contributed by atoms with Crippen LogP contribution in [0.5, 0.6) is 11.6 Å². The van der Waals surface area contributed by atoms with Crippen LogP contribution >= 0.6 is 11.6 Å². The van der Waals surface area contributed by atoms with Crippen LogP contribution in [-0.2, 0) is 6.42 Å². The minimum Gasteiger partial charge on any atom is -0.435 e. The summed E-state index contributed by atoms with van der Waals surface area (Å²) in [6, 6.07) is 3.01. The lowest BCUT2D eigenvalue weighted by molar-refractivity contribution is 0.445. The number of H-pyrrole nitrogens is 2. The van der Waals surface area contributed by atoms with Gasteiger partial charge >= 0.3 is 11.5 Å². The second-order valence-electron chi connectivity index (χ2n) is 6.97. The van der Waals surface area contributed by atoms with Crippen molar-refractivity contribution >= 4 is 17.4 Å². The number of fused-ring (bicyclic) bond motifs is 1. The van der Waals surface area contributed by atoms with Crippen LogP contribution < -0.4 is 21.5 Å². The van der Waals surface area contributed by atoms with Crippen molar-refractivity contribution in [3.05, 3.63) is 76.5 Å². The van der Waals surface area contributed by atoms with Crippen LogP contribution in [0.4, 0.5) is 5.82 Å². The predicted octanol–water partition coefficient (Wildman–Crippen LogP) is 2.36. The van der Waals surface area contributed by atoms with E-state index in [9.17, 15) is 14.4 Å². The molecule has 0 bridgehead atoms. The molecule has 3 aromatic rings. The molecule has 0 aliphatic heterocycles. The highest BCUT2D eigenvalue weighted by atomic mass is 35.5. The van der Waals surface area contributed by atoms with Gasteiger partial charge in [-0.15, -0.1) is 9.78 Å². The third-order valence-electron chi connectivity index (χ3n) is 4.98. The maximum Gasteiger partial charge on any atom is 0.365 e. The average Bonchev–Trinajstić information content (AvgIpc) is 3.09. The summed E-state index contributed by atoms with van der Waals surface area (Å²) in [6.45, 7) is 10.7. The van der Waals surface area contributed by atoms with E-state index in [-0.39, 0.29) is 28.1 Å². The number of nitrogens with zero attached hydrogens (tertiary/aromatic N) is 4. The number of hydrogen-bond acceptors (Lipinski definition) is 6. The fourth-order valence-corrected chi connectivity index (χ4v) is 3.83. The first-order chi connectivity index (χ1) is 14.3. The van der Waals surface area contributed by atoms with Gasteiger partial charge in [0.25, 0.3) is 11.1 Å². The summed E-state index contributed by atoms with van der Waals surface area (Å²) in [5, 5.41) is 10.4. The smallest absolute Gasteiger partial charge is 0.365 e. The van der Waals surface area contributed by atoms with Crippen molar-refractivity contribution in [2.75, 3.05) is 0 Å². The summed E-state index contributed by atoms with van der Waals surface area (Å²) in [5.74, 6) is 0.236. The molecule has 4 rings (SSSR count). The minimum absolute atomic E-state index is 0.114. The van der Waals surface area contributed by atoms with Crippen LogP contribution in [-0.4, -0.2) is 25.0 Å². The van der Waals surface area contributed by atoms with E-state index < -0.39 is 17.1 Å². The lowest BCUT2D eigenvalue weighted by Gasteiger charge is -2.13. The van der Waals surface area contributed by atoms with Gasteiger partial charge in [-0.1, -0.05) is 25.1 Å². The first-order valence-electron chi connectivity index (χ1n) is 9.01. The van der Waals surface area contributed by atoms with Gasteiger partial charge in [-0.25, -0.2) is 9.89 Å². The Morgan fingerprint density at radius 1 is 1.30 bits per heavy atom. The van der Waals surface area contributed by atoms with Gasteiger partial charge in [-0.3, -0.25) is 14.6 Å². The summed E-state index contributed by atoms with van der Waals surface area (Å²) in [4.78, 5) is 40.8. The molecular weight excluding hydrogens is 412 g/mol. The van der Waals surface area contributed by atoms with Crippen LogP contribution in [0.1, 0.15) is 36.0 Å². The zero-order chi connectivity index (χ0) is 21.6. The standard InChI is InChI=1S/C19H15ClN6O4/c1-8-4-5-11-13(8)16(27)23-24-18(11)30-14-9(2)6-10(7-12(14)20)26-19(29)22-17(28)15(21-3)25-26/h6-8H,4-5H2,1-2H3,(H,23,27)(H,22,28,29)/t8-/m1/s1. The van der Waals surface area contributed by atoms with Gasteiger partial charge in [0.1, 0.15) is 0 Å². The highest BCUT2D eigenvalue weighted by molar-refractivity contribution is 6.32. The van der Waals surface area contributed by atoms with Crippen molar-refractivity contribution in [3.63, 3.8) is 0 Å². The molecule has 0 spiro atoms. The van der Waals surface area contributed by atoms with Crippen molar-refractivity contribution in [2.24, 2.45) is 0 Å². The van der Waals surface area contributed by atoms with Gasteiger partial charge < -0.3 is 9.58 Å². The zero-order valence-corrected chi connectivity index (χ0v) is 16.7. The fourth-order valence-electron chi connectivity index (χ4n) is 3.53. The second kappa shape index (κ2) is 7.27. The Labute approximate surface area is 173 Å². The molecule has 1 atom stereocenters. The first-order valence-corrected chi connectivity index (χ1v) is 9.39. The number of aromatic nitrogens is 5. The summed E-state index contributed by atoms with van der Waals surface area (Å²) < 4.78 is 6.83. The van der Waals surface area contributed by atoms with E-state index in [0.717, 1.165) is 16.7 Å². The normalized spacial score (nSPS) is 14.9. The fraction of sp³-hybridized carbons (Fsp3) is 0.263. The van der Waals surface area contributed by atoms with Crippen LogP contribution in [0.15, 0.2) is 26.5 Å². The first kappa shape index (κ1) is 19.6. The summed E-state index contributed by atoms with van der Waals surface area (Å²) in [7, 11) is 0. The molecule has 0 saturated carbocycles. The summed E-state index contributed by atoms with van der Waals surface area (Å²) >= 11 is 6.40. The number of nitrogens with one attached hydrogen (secondary N) is 2. The molecule has 10 nitrogen and oxygen atoms in total. The molecule has 1 aliphatic rings. The summed E-state index contributed by atoms with van der Waals surface area (Å²) in [6.07, 6.45) is 1.50. The Morgan fingerprint density at radius 2 is 2.07 bits per heavy atom. The van der Waals surface area contributed by atoms with Crippen molar-refractivity contribution in [1.29, 1.82) is 0 Å². The van der Waals surface area contributed by atoms with Crippen LogP contribution in [0, 0.1) is 13.5 Å². The molecule has 152 valence electrons. The number of aromatic amines is 2. The third kappa shape index (κ3) is 3.19. The molecule has 0 amide bonds. The molecule has 0 radical (unpaired) electrons. The van der Waals surface area contributed by atoms with Gasteiger partial charge in [-0.05, 0) is 48.5 Å². The van der Waals surface area contributed by atoms with E-state index in [1.807, 2.05) is 11.9 Å². The van der Waals surface area contributed by atoms with Crippen molar-refractivity contribution in [2.45, 2.75) is 32.6 Å². The van der Waals surface area contributed by atoms with Gasteiger partial charge in [0.05, 0.1) is 10.7 Å². The summed E-state index contributed by atoms with van der Waals surface area (Å²) in [5.41, 5.74) is 0.359. The van der Waals surface area contributed by atoms with E-state index in [4.69, 9.17) is 22.9 Å². The topological polar surface area (TPSA) is 127 Å². The highest BCUT2D eigenvalue weighted by Gasteiger charge is 2.27. The lowest BCUT2D eigenvalue weighted by atomic mass is 10.1. The monoisotopic (exact) mass is 426 g/mol. The molecule has 30 heavy (non-hydrogen) atoms. The molecular formula is C19H15ClN6O4. The van der Waals surface area contributed by atoms with Crippen LogP contribution in [0.2, 0.25) is 5.02 Å². The van der Waals surface area contributed by atoms with E-state index in [1.54, 1.807) is 13.0 Å². The largest absolute Gasteiger partial charge is 0.435 e. The zero-order valence-electron chi connectivity index (χ0n) is 15.9. The van der Waals surface area contributed by atoms with Gasteiger partial charge in [-0.2, -0.15) is 0 Å². The molecule has 1 aromatic carbocycles. The van der Waals surface area contributed by atoms with Gasteiger partial charge in [0.15, 0.2) is 5.75 Å². The Morgan fingerprint density at radius 3 is 2.77 bits per heavy atom. The van der Waals surface area contributed by atoms with E-state index in [1.165, 1.54) is 6.07 Å². The number of benzene rings is 1. The predicted molar refractivity (Wildman–Crippen MR) is 108 cm³/mol. The van der Waals surface area contributed by atoms with E-state index in [0.29, 0.717) is 23.3 Å². The molecule has 1 aliphatic carbocycles. The second-order valence-corrected chi connectivity index (χ2v) is 7.38. The molecule has 0 unspecified atom stereocenters. The number of aryl methyl sites for hydroxylation is 1. The van der Waals surface area contributed by atoms with Crippen molar-refractivity contribution in [1.82, 2.24) is 25.0 Å². The minimum atomic E-state index is -0.860. The maximum atomic E-state index is 12.1. The Hall–Kier alpha value is -3.71. The Kier molecular flexibility index (Phi) is 4.75. The number of ether oxygens (including phenoxy) is 1. The molecule has 2 N–H and O–H groups in total. The number of rotatable bonds is 3. The van der Waals surface area contributed by atoms with Gasteiger partial charge in [0, 0.05) is 11.1 Å². The highest BCUT2D eigenvalue weighted by Crippen LogP contribution is 2.39. The molecule has 11 heteroatoms. The van der Waals surface area contributed by atoms with Crippen molar-refractivity contribution < 1.29 is 4.74 Å². The van der Waals surface area contributed by atoms with E-state index in [2.05, 4.69) is 20.1 Å². The molecule has 2 aromatic heterocycles. The molecule has 2 heterocycles. The van der Waals surface area contributed by atoms with Crippen molar-refractivity contribution in [3.8, 4) is 17.3 Å². The quantitative estimate of drug-likeness (QED) is 0.619. The average molecular weight is 427 g/mol. The maximum absolute atomic E-state index is 12.1. The number of hydrogen-bond donors (Lipinski definition) is 2. The van der Waals surface area contributed by atoms with Crippen LogP contribution in [0.25, 0.3) is 10.5 Å². The Balaban J connectivity index is 1.78. The van der Waals surface area contributed by atoms with Crippen LogP contribution in [0.3, 0.4) is 0 Å². The van der Waals surface area contributed by atoms with E-state index >= 15 is 0 Å². The number of halogens is 1. The Bertz CT molecular complexity index is 1370. The van der Waals surface area contributed by atoms with Gasteiger partial charge in [0.2, 0.25) is 5.88 Å².